The molecule has 1 amide bonds. The average Bonchev–Trinajstić information content (AvgIpc) is 2.39. The minimum atomic E-state index is 0.110. The number of likely N-dealkylation sites (tertiary alicyclic amines) is 1. The lowest BCUT2D eigenvalue weighted by Gasteiger charge is -2.32. The highest BCUT2D eigenvalue weighted by molar-refractivity contribution is 9.10. The molecule has 2 heterocycles. The Morgan fingerprint density at radius 2 is 2.17 bits per heavy atom. The first kappa shape index (κ1) is 13.5. The van der Waals surface area contributed by atoms with E-state index in [1.807, 2.05) is 11.0 Å². The molecule has 0 aromatic carbocycles. The highest BCUT2D eigenvalue weighted by Crippen LogP contribution is 2.23. The van der Waals surface area contributed by atoms with Crippen molar-refractivity contribution in [2.24, 2.45) is 5.92 Å². The lowest BCUT2D eigenvalue weighted by molar-refractivity contribution is 0.0686. The molecule has 1 aromatic heterocycles. The Bertz CT molecular complexity index is 414. The minimum absolute atomic E-state index is 0.110. The van der Waals surface area contributed by atoms with Crippen LogP contribution in [-0.4, -0.2) is 28.9 Å². The van der Waals surface area contributed by atoms with Crippen LogP contribution in [0.2, 0.25) is 0 Å². The number of carbonyl (C=O) groups is 1. The molecular formula is C14H19BrN2O. The number of hydrogen-bond acceptors (Lipinski definition) is 2. The van der Waals surface area contributed by atoms with Gasteiger partial charge < -0.3 is 4.90 Å². The number of piperidine rings is 1. The third kappa shape index (κ3) is 3.31. The van der Waals surface area contributed by atoms with Gasteiger partial charge >= 0.3 is 0 Å². The molecule has 0 radical (unpaired) electrons. The van der Waals surface area contributed by atoms with Crippen molar-refractivity contribution in [3.63, 3.8) is 0 Å². The van der Waals surface area contributed by atoms with E-state index in [1.165, 1.54) is 12.8 Å². The zero-order chi connectivity index (χ0) is 13.0. The predicted molar refractivity (Wildman–Crippen MR) is 75.5 cm³/mol. The lowest BCUT2D eigenvalue weighted by Crippen LogP contribution is -2.38. The third-order valence-corrected chi connectivity index (χ3v) is 3.98. The highest BCUT2D eigenvalue weighted by Gasteiger charge is 2.23. The van der Waals surface area contributed by atoms with E-state index in [2.05, 4.69) is 27.8 Å². The fourth-order valence-corrected chi connectivity index (χ4v) is 2.91. The van der Waals surface area contributed by atoms with Crippen molar-refractivity contribution in [2.45, 2.75) is 32.6 Å². The molecule has 0 atom stereocenters. The summed E-state index contributed by atoms with van der Waals surface area (Å²) in [6.07, 6.45) is 8.16. The summed E-state index contributed by atoms with van der Waals surface area (Å²) in [6.45, 7) is 4.00. The molecule has 98 valence electrons. The highest BCUT2D eigenvalue weighted by atomic mass is 79.9. The largest absolute Gasteiger partial charge is 0.339 e. The van der Waals surface area contributed by atoms with Gasteiger partial charge in [-0.05, 0) is 40.8 Å². The van der Waals surface area contributed by atoms with Gasteiger partial charge in [0, 0.05) is 30.0 Å². The standard InChI is InChI=1S/C14H19BrN2O/c1-2-3-11-4-6-17(7-5-11)14(18)12-8-13(15)10-16-9-12/h8-11H,2-7H2,1H3. The maximum Gasteiger partial charge on any atom is 0.255 e. The fraction of sp³-hybridized carbons (Fsp3) is 0.571. The van der Waals surface area contributed by atoms with Gasteiger partial charge in [0.15, 0.2) is 0 Å². The van der Waals surface area contributed by atoms with Crippen LogP contribution in [0.15, 0.2) is 22.9 Å². The summed E-state index contributed by atoms with van der Waals surface area (Å²) in [5.41, 5.74) is 0.679. The molecule has 1 aliphatic heterocycles. The van der Waals surface area contributed by atoms with E-state index in [1.54, 1.807) is 12.4 Å². The summed E-state index contributed by atoms with van der Waals surface area (Å²) in [6, 6.07) is 1.84. The number of hydrogen-bond donors (Lipinski definition) is 0. The van der Waals surface area contributed by atoms with Crippen molar-refractivity contribution < 1.29 is 4.79 Å². The molecule has 0 unspecified atom stereocenters. The van der Waals surface area contributed by atoms with Crippen LogP contribution < -0.4 is 0 Å². The Balaban J connectivity index is 1.95. The maximum absolute atomic E-state index is 12.3. The number of amides is 1. The molecule has 0 bridgehead atoms. The molecule has 3 nitrogen and oxygen atoms in total. The van der Waals surface area contributed by atoms with Crippen molar-refractivity contribution in [3.05, 3.63) is 28.5 Å². The van der Waals surface area contributed by atoms with Gasteiger partial charge in [0.05, 0.1) is 5.56 Å². The van der Waals surface area contributed by atoms with Crippen molar-refractivity contribution >= 4 is 21.8 Å². The molecule has 0 aliphatic carbocycles. The number of aromatic nitrogens is 1. The molecule has 0 saturated carbocycles. The zero-order valence-corrected chi connectivity index (χ0v) is 12.3. The van der Waals surface area contributed by atoms with Crippen LogP contribution in [0.25, 0.3) is 0 Å². The number of nitrogens with zero attached hydrogens (tertiary/aromatic N) is 2. The Morgan fingerprint density at radius 3 is 2.78 bits per heavy atom. The molecule has 1 saturated heterocycles. The number of halogens is 1. The first-order chi connectivity index (χ1) is 8.70. The van der Waals surface area contributed by atoms with Gasteiger partial charge in [-0.25, -0.2) is 0 Å². The Hall–Kier alpha value is -0.900. The van der Waals surface area contributed by atoms with Crippen LogP contribution in [0.4, 0.5) is 0 Å². The molecule has 0 N–H and O–H groups in total. The first-order valence-corrected chi connectivity index (χ1v) is 7.40. The van der Waals surface area contributed by atoms with E-state index < -0.39 is 0 Å². The van der Waals surface area contributed by atoms with Gasteiger partial charge in [-0.1, -0.05) is 19.8 Å². The van der Waals surface area contributed by atoms with E-state index in [0.717, 1.165) is 36.3 Å². The van der Waals surface area contributed by atoms with Gasteiger partial charge in [0.2, 0.25) is 0 Å². The fourth-order valence-electron chi connectivity index (χ4n) is 2.54. The molecule has 4 heteroatoms. The maximum atomic E-state index is 12.3. The number of carbonyl (C=O) groups excluding carboxylic acids is 1. The van der Waals surface area contributed by atoms with Gasteiger partial charge in [-0.2, -0.15) is 0 Å². The van der Waals surface area contributed by atoms with Crippen LogP contribution in [-0.2, 0) is 0 Å². The summed E-state index contributed by atoms with van der Waals surface area (Å²) in [5, 5.41) is 0. The Labute approximate surface area is 117 Å². The summed E-state index contributed by atoms with van der Waals surface area (Å²) in [7, 11) is 0. The first-order valence-electron chi connectivity index (χ1n) is 6.60. The van der Waals surface area contributed by atoms with Crippen molar-refractivity contribution in [2.75, 3.05) is 13.1 Å². The molecule has 1 fully saturated rings. The van der Waals surface area contributed by atoms with Crippen molar-refractivity contribution in [1.29, 1.82) is 0 Å². The Kier molecular flexibility index (Phi) is 4.75. The van der Waals surface area contributed by atoms with E-state index in [9.17, 15) is 4.79 Å². The third-order valence-electron chi connectivity index (χ3n) is 3.55. The zero-order valence-electron chi connectivity index (χ0n) is 10.7. The molecule has 2 rings (SSSR count). The van der Waals surface area contributed by atoms with Crippen LogP contribution in [0, 0.1) is 5.92 Å². The SMILES string of the molecule is CCCC1CCN(C(=O)c2cncc(Br)c2)CC1. The van der Waals surface area contributed by atoms with Gasteiger partial charge in [0.25, 0.3) is 5.91 Å². The second-order valence-electron chi connectivity index (χ2n) is 4.92. The van der Waals surface area contributed by atoms with E-state index in [0.29, 0.717) is 5.56 Å². The minimum Gasteiger partial charge on any atom is -0.339 e. The number of pyridine rings is 1. The Morgan fingerprint density at radius 1 is 1.44 bits per heavy atom. The van der Waals surface area contributed by atoms with Crippen LogP contribution >= 0.6 is 15.9 Å². The van der Waals surface area contributed by atoms with Crippen LogP contribution in [0.5, 0.6) is 0 Å². The van der Waals surface area contributed by atoms with Gasteiger partial charge in [-0.15, -0.1) is 0 Å². The van der Waals surface area contributed by atoms with E-state index >= 15 is 0 Å². The summed E-state index contributed by atoms with van der Waals surface area (Å²) < 4.78 is 0.856. The van der Waals surface area contributed by atoms with E-state index in [-0.39, 0.29) is 5.91 Å². The molecular weight excluding hydrogens is 292 g/mol. The average molecular weight is 311 g/mol. The van der Waals surface area contributed by atoms with Gasteiger partial charge in [0.1, 0.15) is 0 Å². The quantitative estimate of drug-likeness (QED) is 0.856. The summed E-state index contributed by atoms with van der Waals surface area (Å²) in [5.74, 6) is 0.915. The molecule has 1 aliphatic rings. The number of rotatable bonds is 3. The van der Waals surface area contributed by atoms with Crippen LogP contribution in [0.3, 0.4) is 0 Å². The van der Waals surface area contributed by atoms with Gasteiger partial charge in [-0.3, -0.25) is 9.78 Å². The van der Waals surface area contributed by atoms with Crippen molar-refractivity contribution in [3.8, 4) is 0 Å². The van der Waals surface area contributed by atoms with Crippen LogP contribution in [0.1, 0.15) is 43.0 Å². The predicted octanol–water partition coefficient (Wildman–Crippen LogP) is 3.50. The second kappa shape index (κ2) is 6.32. The topological polar surface area (TPSA) is 33.2 Å². The van der Waals surface area contributed by atoms with Crippen molar-refractivity contribution in [1.82, 2.24) is 9.88 Å². The monoisotopic (exact) mass is 310 g/mol. The lowest BCUT2D eigenvalue weighted by atomic mass is 9.92. The summed E-state index contributed by atoms with van der Waals surface area (Å²) >= 11 is 3.35. The molecule has 18 heavy (non-hydrogen) atoms. The van der Waals surface area contributed by atoms with E-state index in [4.69, 9.17) is 0 Å². The molecule has 1 aromatic rings. The summed E-state index contributed by atoms with van der Waals surface area (Å²) in [4.78, 5) is 18.3. The molecule has 0 spiro atoms. The smallest absolute Gasteiger partial charge is 0.255 e. The second-order valence-corrected chi connectivity index (χ2v) is 5.83. The normalized spacial score (nSPS) is 16.9.